The minimum atomic E-state index is -0.276. The molecule has 1 saturated heterocycles. The van der Waals surface area contributed by atoms with Crippen LogP contribution in [0.5, 0.6) is 5.75 Å². The molecule has 2 aromatic carbocycles. The first-order valence-corrected chi connectivity index (χ1v) is 13.2. The number of aromatic nitrogens is 1. The van der Waals surface area contributed by atoms with Crippen LogP contribution in [0, 0.1) is 0 Å². The summed E-state index contributed by atoms with van der Waals surface area (Å²) in [6, 6.07) is 14.6. The fraction of sp³-hybridized carbons (Fsp3) is 0.346. The maximum atomic E-state index is 13.1. The molecule has 2 heterocycles. The highest BCUT2D eigenvalue weighted by Gasteiger charge is 2.25. The number of thiazole rings is 1. The van der Waals surface area contributed by atoms with Crippen molar-refractivity contribution in [1.29, 1.82) is 0 Å². The zero-order valence-electron chi connectivity index (χ0n) is 20.9. The average molecular weight is 544 g/mol. The van der Waals surface area contributed by atoms with Crippen molar-refractivity contribution in [3.05, 3.63) is 69.6 Å². The number of halogens is 1. The van der Waals surface area contributed by atoms with Gasteiger partial charge in [0.25, 0.3) is 5.91 Å². The minimum Gasteiger partial charge on any atom is -0.497 e. The molecule has 0 spiro atoms. The molecule has 4 rings (SSSR count). The van der Waals surface area contributed by atoms with Crippen LogP contribution in [0.25, 0.3) is 0 Å². The van der Waals surface area contributed by atoms with Crippen LogP contribution < -0.4 is 15.0 Å². The van der Waals surface area contributed by atoms with Gasteiger partial charge >= 0.3 is 6.03 Å². The van der Waals surface area contributed by atoms with Crippen LogP contribution in [0.15, 0.2) is 53.9 Å². The van der Waals surface area contributed by atoms with Gasteiger partial charge in [-0.3, -0.25) is 4.79 Å². The van der Waals surface area contributed by atoms with E-state index in [9.17, 15) is 9.59 Å². The van der Waals surface area contributed by atoms with Crippen LogP contribution in [0.3, 0.4) is 0 Å². The van der Waals surface area contributed by atoms with Gasteiger partial charge < -0.3 is 29.5 Å². The van der Waals surface area contributed by atoms with Crippen LogP contribution in [0.1, 0.15) is 15.5 Å². The van der Waals surface area contributed by atoms with Crippen molar-refractivity contribution >= 4 is 46.3 Å². The largest absolute Gasteiger partial charge is 0.497 e. The molecule has 0 radical (unpaired) electrons. The lowest BCUT2D eigenvalue weighted by Gasteiger charge is -2.35. The molecule has 3 amide bonds. The molecule has 1 aromatic heterocycles. The van der Waals surface area contributed by atoms with Crippen molar-refractivity contribution in [1.82, 2.24) is 14.8 Å². The van der Waals surface area contributed by atoms with Crippen molar-refractivity contribution in [2.75, 3.05) is 63.8 Å². The molecule has 0 bridgehead atoms. The zero-order chi connectivity index (χ0) is 26.2. The number of piperazine rings is 1. The summed E-state index contributed by atoms with van der Waals surface area (Å²) in [6.45, 7) is 3.67. The molecule has 1 N–H and O–H groups in total. The van der Waals surface area contributed by atoms with Gasteiger partial charge in [0.1, 0.15) is 16.5 Å². The van der Waals surface area contributed by atoms with Crippen LogP contribution in [0.4, 0.5) is 16.2 Å². The molecule has 196 valence electrons. The number of anilines is 2. The number of carbonyl (C=O) groups is 2. The van der Waals surface area contributed by atoms with E-state index in [0.717, 1.165) is 18.8 Å². The highest BCUT2D eigenvalue weighted by molar-refractivity contribution is 7.09. The number of nitrogens with zero attached hydrogens (tertiary/aromatic N) is 4. The summed E-state index contributed by atoms with van der Waals surface area (Å²) in [4.78, 5) is 36.3. The fourth-order valence-corrected chi connectivity index (χ4v) is 4.95. The molecule has 1 fully saturated rings. The fourth-order valence-electron chi connectivity index (χ4n) is 3.98. The monoisotopic (exact) mass is 543 g/mol. The van der Waals surface area contributed by atoms with Gasteiger partial charge in [-0.25, -0.2) is 9.78 Å². The predicted molar refractivity (Wildman–Crippen MR) is 146 cm³/mol. The van der Waals surface area contributed by atoms with Gasteiger partial charge in [0, 0.05) is 61.6 Å². The third-order valence-electron chi connectivity index (χ3n) is 6.03. The number of carbonyl (C=O) groups excluding carboxylic acids is 2. The Morgan fingerprint density at radius 2 is 1.86 bits per heavy atom. The van der Waals surface area contributed by atoms with Gasteiger partial charge in [-0.05, 0) is 42.5 Å². The third kappa shape index (κ3) is 7.12. The molecule has 11 heteroatoms. The standard InChI is InChI=1S/C26H30ClN5O4S/c1-35-15-14-32(26(34)28-20-6-8-22(36-2)9-7-20)17-24-29-23(18-37-24)25(33)31-12-10-30(11-13-31)21-5-3-4-19(27)16-21/h3-9,16,18H,10-15,17H2,1-2H3,(H,28,34). The lowest BCUT2D eigenvalue weighted by Crippen LogP contribution is -2.48. The SMILES string of the molecule is COCCN(Cc1nc(C(=O)N2CCN(c3cccc(Cl)c3)CC2)cs1)C(=O)Nc1ccc(OC)cc1. The Hall–Kier alpha value is -3.34. The summed E-state index contributed by atoms with van der Waals surface area (Å²) < 4.78 is 10.3. The first-order chi connectivity index (χ1) is 18.0. The van der Waals surface area contributed by atoms with E-state index >= 15 is 0 Å². The van der Waals surface area contributed by atoms with Gasteiger partial charge in [-0.1, -0.05) is 17.7 Å². The number of methoxy groups -OCH3 is 2. The second-order valence-corrected chi connectivity index (χ2v) is 9.84. The summed E-state index contributed by atoms with van der Waals surface area (Å²) in [5, 5.41) is 6.03. The molecule has 0 saturated carbocycles. The Morgan fingerprint density at radius 1 is 1.11 bits per heavy atom. The van der Waals surface area contributed by atoms with Crippen LogP contribution in [0.2, 0.25) is 5.02 Å². The predicted octanol–water partition coefficient (Wildman–Crippen LogP) is 4.45. The van der Waals surface area contributed by atoms with Crippen molar-refractivity contribution in [3.8, 4) is 5.75 Å². The molecule has 1 aliphatic heterocycles. The quantitative estimate of drug-likeness (QED) is 0.429. The number of urea groups is 1. The lowest BCUT2D eigenvalue weighted by molar-refractivity contribution is 0.0741. The first kappa shape index (κ1) is 26.7. The van der Waals surface area contributed by atoms with Gasteiger partial charge in [0.15, 0.2) is 0 Å². The minimum absolute atomic E-state index is 0.0978. The zero-order valence-corrected chi connectivity index (χ0v) is 22.4. The van der Waals surface area contributed by atoms with E-state index in [1.807, 2.05) is 29.2 Å². The first-order valence-electron chi connectivity index (χ1n) is 11.9. The maximum absolute atomic E-state index is 13.1. The summed E-state index contributed by atoms with van der Waals surface area (Å²) in [7, 11) is 3.18. The molecule has 0 unspecified atom stereocenters. The average Bonchev–Trinajstić information content (AvgIpc) is 3.39. The number of nitrogens with one attached hydrogen (secondary N) is 1. The molecule has 37 heavy (non-hydrogen) atoms. The van der Waals surface area contributed by atoms with Crippen molar-refractivity contribution in [3.63, 3.8) is 0 Å². The number of hydrogen-bond acceptors (Lipinski definition) is 7. The number of hydrogen-bond donors (Lipinski definition) is 1. The highest BCUT2D eigenvalue weighted by Crippen LogP contribution is 2.22. The normalized spacial score (nSPS) is 13.4. The van der Waals surface area contributed by atoms with Crippen LogP contribution >= 0.6 is 22.9 Å². The van der Waals surface area contributed by atoms with E-state index in [0.29, 0.717) is 53.4 Å². The van der Waals surface area contributed by atoms with E-state index in [4.69, 9.17) is 21.1 Å². The molecule has 1 aliphatic rings. The molecular weight excluding hydrogens is 514 g/mol. The Kier molecular flexibility index (Phi) is 9.21. The number of rotatable bonds is 9. The summed E-state index contributed by atoms with van der Waals surface area (Å²) in [5.41, 5.74) is 2.11. The second kappa shape index (κ2) is 12.8. The van der Waals surface area contributed by atoms with E-state index in [2.05, 4.69) is 15.2 Å². The van der Waals surface area contributed by atoms with E-state index in [1.165, 1.54) is 11.3 Å². The van der Waals surface area contributed by atoms with Crippen molar-refractivity contribution < 1.29 is 19.1 Å². The van der Waals surface area contributed by atoms with E-state index in [1.54, 1.807) is 48.8 Å². The Morgan fingerprint density at radius 3 is 2.54 bits per heavy atom. The molecule has 0 aliphatic carbocycles. The number of benzene rings is 2. The lowest BCUT2D eigenvalue weighted by atomic mass is 10.2. The topological polar surface area (TPSA) is 87.2 Å². The Labute approximate surface area is 225 Å². The number of amides is 3. The van der Waals surface area contributed by atoms with Crippen LogP contribution in [-0.4, -0.2) is 80.3 Å². The third-order valence-corrected chi connectivity index (χ3v) is 7.10. The Balaban J connectivity index is 1.35. The maximum Gasteiger partial charge on any atom is 0.322 e. The van der Waals surface area contributed by atoms with Gasteiger partial charge in [-0.15, -0.1) is 11.3 Å². The highest BCUT2D eigenvalue weighted by atomic mass is 35.5. The van der Waals surface area contributed by atoms with E-state index < -0.39 is 0 Å². The van der Waals surface area contributed by atoms with Crippen molar-refractivity contribution in [2.24, 2.45) is 0 Å². The van der Waals surface area contributed by atoms with Crippen molar-refractivity contribution in [2.45, 2.75) is 6.54 Å². The summed E-state index contributed by atoms with van der Waals surface area (Å²) >= 11 is 7.49. The van der Waals surface area contributed by atoms with Gasteiger partial charge in [-0.2, -0.15) is 0 Å². The van der Waals surface area contributed by atoms with Gasteiger partial charge in [0.2, 0.25) is 0 Å². The molecule has 3 aromatic rings. The van der Waals surface area contributed by atoms with Gasteiger partial charge in [0.05, 0.1) is 20.3 Å². The molecule has 0 atom stereocenters. The Bertz CT molecular complexity index is 1200. The summed E-state index contributed by atoms with van der Waals surface area (Å²) in [6.07, 6.45) is 0. The second-order valence-electron chi connectivity index (χ2n) is 8.46. The van der Waals surface area contributed by atoms with Crippen LogP contribution in [-0.2, 0) is 11.3 Å². The van der Waals surface area contributed by atoms with E-state index in [-0.39, 0.29) is 18.5 Å². The molecular formula is C26H30ClN5O4S. The summed E-state index contributed by atoms with van der Waals surface area (Å²) in [5.74, 6) is 0.611. The number of ether oxygens (including phenoxy) is 2. The smallest absolute Gasteiger partial charge is 0.322 e. The molecule has 9 nitrogen and oxygen atoms in total.